The third kappa shape index (κ3) is 28.6. The van der Waals surface area contributed by atoms with Crippen LogP contribution in [0.3, 0.4) is 0 Å². The minimum atomic E-state index is -4.02. The molecular formula is C89H111N11O15S3. The molecular weight excluding hydrogens is 1560 g/mol. The summed E-state index contributed by atoms with van der Waals surface area (Å²) in [7, 11) is -2.48. The van der Waals surface area contributed by atoms with Crippen LogP contribution in [0.5, 0.6) is 11.5 Å². The Bertz CT molecular complexity index is 4560. The number of primary amides is 2. The van der Waals surface area contributed by atoms with Crippen molar-refractivity contribution in [2.45, 2.75) is 206 Å². The largest absolute Gasteiger partial charge is 0.497 e. The molecule has 26 nitrogen and oxygen atoms in total. The zero-order chi connectivity index (χ0) is 84.6. The van der Waals surface area contributed by atoms with E-state index < -0.39 is 135 Å². The van der Waals surface area contributed by atoms with Crippen LogP contribution in [-0.4, -0.2) is 158 Å². The number of hydrogen-bond donors (Lipinski definition) is 10. The second kappa shape index (κ2) is 45.9. The second-order valence-electron chi connectivity index (χ2n) is 30.2. The number of likely N-dealkylation sites (tertiary alicyclic amines) is 1. The van der Waals surface area contributed by atoms with Gasteiger partial charge in [0.2, 0.25) is 69.1 Å². The molecule has 1 aliphatic carbocycles. The van der Waals surface area contributed by atoms with E-state index in [1.165, 1.54) is 42.8 Å². The van der Waals surface area contributed by atoms with E-state index in [9.17, 15) is 32.4 Å². The molecule has 0 bridgehead atoms. The van der Waals surface area contributed by atoms with Crippen molar-refractivity contribution in [2.24, 2.45) is 17.4 Å². The maximum absolute atomic E-state index is 15.4. The third-order valence-corrected chi connectivity index (χ3v) is 25.4. The topological polar surface area (TPSA) is 384 Å². The second-order valence-corrected chi connectivity index (χ2v) is 34.5. The molecule has 7 aromatic rings. The van der Waals surface area contributed by atoms with Crippen LogP contribution in [0.1, 0.15) is 137 Å². The number of amides is 10. The maximum Gasteiger partial charge on any atom is 0.246 e. The molecule has 2 aliphatic rings. The van der Waals surface area contributed by atoms with E-state index in [2.05, 4.69) is 54.1 Å². The number of carbonyl (C=O) groups is 10. The summed E-state index contributed by atoms with van der Waals surface area (Å²) in [5, 5.41) is 19.7. The predicted octanol–water partition coefficient (Wildman–Crippen LogP) is 8.48. The Morgan fingerprint density at radius 1 is 0.542 bits per heavy atom. The Labute approximate surface area is 700 Å². The maximum atomic E-state index is 15.4. The van der Waals surface area contributed by atoms with Gasteiger partial charge in [-0.25, -0.2) is 13.1 Å². The van der Waals surface area contributed by atoms with Gasteiger partial charge in [-0.05, 0) is 128 Å². The normalized spacial score (nSPS) is 16.1. The molecule has 1 heterocycles. The number of sulfonamides is 1. The van der Waals surface area contributed by atoms with Crippen molar-refractivity contribution < 1.29 is 70.6 Å². The SMILES string of the molecule is CC[C@H](C)[C@H](NC(=O)[C@H](Cc1ccc(OC)cc1)NC(=O)CC1(SCc2ccccc2)CCCCC1)C(=O)N[C@H](C(=O)N[C@@H](CC(N)=O)C(=O)N[C@H](CSCc1ccccc1)C(=O)N1CCC[C@H]1C(=O)N[C@@H](CCCNS(=O)(=O)c1ccc(C)cc1)C(=O)N[C@@H](Cc1ccc(OCc2ccccc2)cc1)C(N)=O)[C@@H](C)OCc1ccccc1. The first kappa shape index (κ1) is 91.3. The molecule has 630 valence electrons. The number of thioether (sulfide) groups is 2. The Morgan fingerprint density at radius 3 is 1.65 bits per heavy atom. The highest BCUT2D eigenvalue weighted by atomic mass is 32.2. The molecule has 0 radical (unpaired) electrons. The van der Waals surface area contributed by atoms with Gasteiger partial charge in [0, 0.05) is 54.4 Å². The standard InChI is InChI=1S/C89H111N11O15S3/c1-6-60(3)79(98-84(106)73(51-63-36-40-68(113-5)41-37-63)93-78(102)53-89(46-20-11-21-47-89)117-57-67-30-18-10-19-31-67)86(108)99-80(61(4)114-54-64-24-12-7-13-25-64)87(109)96-74(52-77(90)101)83(105)97-75(58-116-56-66-28-16-9-17-29-66)88(110)100-49-23-33-76(100)85(107)94-71(32-22-48-92-118(111,112)70-44-34-59(2)35-45-70)82(104)95-72(81(91)103)50-62-38-42-69(43-39-62)115-55-65-26-14-8-15-27-65/h7-10,12-19,24-31,34-45,60-61,71-76,79-80,92H,6,11,20-23,32-33,46-58H2,1-5H3,(H2,90,101)(H2,91,103)(H,93,102)(H,94,107)(H,95,104)(H,96,109)(H,97,105)(H,98,106)(H,99,108)/t60-,61+,71-,72-,73-,74-,75+,76-,79-,80-/m0/s1. The monoisotopic (exact) mass is 1670 g/mol. The van der Waals surface area contributed by atoms with Gasteiger partial charge in [0.1, 0.15) is 66.4 Å². The quantitative estimate of drug-likeness (QED) is 0.0160. The lowest BCUT2D eigenvalue weighted by Crippen LogP contribution is -2.63. The predicted molar refractivity (Wildman–Crippen MR) is 455 cm³/mol. The summed E-state index contributed by atoms with van der Waals surface area (Å²) >= 11 is 3.02. The van der Waals surface area contributed by atoms with E-state index in [0.29, 0.717) is 52.7 Å². The van der Waals surface area contributed by atoms with Crippen LogP contribution in [0.2, 0.25) is 0 Å². The number of nitrogens with one attached hydrogen (secondary N) is 8. The number of aryl methyl sites for hydroxylation is 1. The van der Waals surface area contributed by atoms with Crippen LogP contribution < -0.4 is 62.9 Å². The summed E-state index contributed by atoms with van der Waals surface area (Å²) in [5.74, 6) is -6.69. The molecule has 10 atom stereocenters. The molecule has 118 heavy (non-hydrogen) atoms. The fourth-order valence-electron chi connectivity index (χ4n) is 14.2. The molecule has 1 saturated heterocycles. The number of nitrogens with two attached hydrogens (primary N) is 2. The first-order chi connectivity index (χ1) is 56.8. The zero-order valence-corrected chi connectivity index (χ0v) is 70.0. The highest BCUT2D eigenvalue weighted by Crippen LogP contribution is 2.44. The van der Waals surface area contributed by atoms with Crippen LogP contribution in [0.15, 0.2) is 199 Å². The summed E-state index contributed by atoms with van der Waals surface area (Å²) in [6.07, 6.45) is 3.25. The number of methoxy groups -OCH3 is 1. The number of carbonyl (C=O) groups excluding carboxylic acids is 10. The zero-order valence-electron chi connectivity index (χ0n) is 67.5. The number of rotatable bonds is 46. The highest BCUT2D eigenvalue weighted by molar-refractivity contribution is 8.00. The van der Waals surface area contributed by atoms with Gasteiger partial charge >= 0.3 is 0 Å². The number of hydrogen-bond acceptors (Lipinski definition) is 17. The van der Waals surface area contributed by atoms with Crippen molar-refractivity contribution in [3.8, 4) is 11.5 Å². The molecule has 0 aromatic heterocycles. The summed E-state index contributed by atoms with van der Waals surface area (Å²) < 4.78 is 46.7. The van der Waals surface area contributed by atoms with Gasteiger partial charge in [-0.3, -0.25) is 47.9 Å². The Balaban J connectivity index is 0.938. The minimum absolute atomic E-state index is 0.000665. The summed E-state index contributed by atoms with van der Waals surface area (Å²) in [6.45, 7) is 7.00. The van der Waals surface area contributed by atoms with E-state index in [4.69, 9.17) is 25.7 Å². The summed E-state index contributed by atoms with van der Waals surface area (Å²) in [4.78, 5) is 148. The van der Waals surface area contributed by atoms with Crippen molar-refractivity contribution in [2.75, 3.05) is 26.0 Å². The molecule has 0 unspecified atom stereocenters. The third-order valence-electron chi connectivity index (χ3n) is 21.2. The molecule has 29 heteroatoms. The average molecular weight is 1670 g/mol. The Hall–Kier alpha value is -10.6. The summed E-state index contributed by atoms with van der Waals surface area (Å²) in [5.41, 5.74) is 17.6. The van der Waals surface area contributed by atoms with Crippen LogP contribution >= 0.6 is 23.5 Å². The Morgan fingerprint density at radius 2 is 1.07 bits per heavy atom. The number of benzene rings is 7. The molecule has 1 aliphatic heterocycles. The van der Waals surface area contributed by atoms with Gasteiger partial charge in [-0.1, -0.05) is 203 Å². The smallest absolute Gasteiger partial charge is 0.246 e. The first-order valence-corrected chi connectivity index (χ1v) is 43.8. The van der Waals surface area contributed by atoms with Gasteiger partial charge in [-0.2, -0.15) is 11.8 Å². The lowest BCUT2D eigenvalue weighted by atomic mass is 9.85. The fraction of sp³-hybridized carbons (Fsp3) is 0.416. The number of nitrogens with zero attached hydrogens (tertiary/aromatic N) is 1. The van der Waals surface area contributed by atoms with E-state index in [-0.39, 0.29) is 81.2 Å². The van der Waals surface area contributed by atoms with E-state index in [0.717, 1.165) is 54.4 Å². The lowest BCUT2D eigenvalue weighted by Gasteiger charge is -2.37. The van der Waals surface area contributed by atoms with Crippen LogP contribution in [0.25, 0.3) is 0 Å². The minimum Gasteiger partial charge on any atom is -0.497 e. The molecule has 2 fully saturated rings. The molecule has 10 amide bonds. The van der Waals surface area contributed by atoms with Crippen LogP contribution in [0, 0.1) is 12.8 Å². The van der Waals surface area contributed by atoms with Gasteiger partial charge in [0.25, 0.3) is 0 Å². The van der Waals surface area contributed by atoms with E-state index in [1.807, 2.05) is 98.8 Å². The van der Waals surface area contributed by atoms with Crippen LogP contribution in [0.4, 0.5) is 0 Å². The van der Waals surface area contributed by atoms with Gasteiger partial charge in [0.05, 0.1) is 31.1 Å². The molecule has 12 N–H and O–H groups in total. The van der Waals surface area contributed by atoms with E-state index in [1.54, 1.807) is 104 Å². The van der Waals surface area contributed by atoms with Gasteiger partial charge in [0.15, 0.2) is 0 Å². The van der Waals surface area contributed by atoms with Gasteiger partial charge < -0.3 is 67.8 Å². The van der Waals surface area contributed by atoms with Crippen molar-refractivity contribution in [3.63, 3.8) is 0 Å². The van der Waals surface area contributed by atoms with Crippen molar-refractivity contribution in [1.82, 2.24) is 46.8 Å². The lowest BCUT2D eigenvalue weighted by molar-refractivity contribution is -0.142. The fourth-order valence-corrected chi connectivity index (χ4v) is 17.7. The molecule has 9 rings (SSSR count). The van der Waals surface area contributed by atoms with Crippen LogP contribution in [-0.2, 0) is 100 Å². The van der Waals surface area contributed by atoms with Crippen molar-refractivity contribution in [1.29, 1.82) is 0 Å². The molecule has 7 aromatic carbocycles. The molecule has 0 spiro atoms. The van der Waals surface area contributed by atoms with Crippen molar-refractivity contribution >= 4 is 92.6 Å². The average Bonchev–Trinajstić information content (AvgIpc) is 1.55. The first-order valence-electron chi connectivity index (χ1n) is 40.2. The molecule has 1 saturated carbocycles. The van der Waals surface area contributed by atoms with E-state index >= 15 is 24.0 Å². The van der Waals surface area contributed by atoms with Crippen molar-refractivity contribution in [3.05, 3.63) is 233 Å². The summed E-state index contributed by atoms with van der Waals surface area (Å²) in [6, 6.07) is 46.6. The highest BCUT2D eigenvalue weighted by Gasteiger charge is 2.43. The number of ether oxygens (including phenoxy) is 3. The van der Waals surface area contributed by atoms with Gasteiger partial charge in [-0.15, -0.1) is 11.8 Å². The Kier molecular flexibility index (Phi) is 35.6.